The summed E-state index contributed by atoms with van der Waals surface area (Å²) >= 11 is 0. The summed E-state index contributed by atoms with van der Waals surface area (Å²) in [5.41, 5.74) is 5.18. The maximum absolute atomic E-state index is 11.4. The summed E-state index contributed by atoms with van der Waals surface area (Å²) in [6, 6.07) is 13.4. The predicted octanol–water partition coefficient (Wildman–Crippen LogP) is 1.62. The van der Waals surface area contributed by atoms with Crippen LogP contribution >= 0.6 is 0 Å². The fourth-order valence-corrected chi connectivity index (χ4v) is 4.31. The molecule has 0 aromatic heterocycles. The molecule has 2 aliphatic rings. The quantitative estimate of drug-likeness (QED) is 0.853. The van der Waals surface area contributed by atoms with Crippen molar-refractivity contribution in [2.45, 2.75) is 17.9 Å². The molecule has 0 spiro atoms. The summed E-state index contributed by atoms with van der Waals surface area (Å²) in [6.07, 6.45) is 1.12. The number of hydrogen-bond acceptors (Lipinski definition) is 5. The van der Waals surface area contributed by atoms with Gasteiger partial charge in [0.05, 0.1) is 4.90 Å². The summed E-state index contributed by atoms with van der Waals surface area (Å²) in [7, 11) is -3.63. The topological polar surface area (TPSA) is 78.7 Å². The molecule has 0 radical (unpaired) electrons. The monoisotopic (exact) mass is 372 g/mol. The predicted molar refractivity (Wildman–Crippen MR) is 104 cm³/mol. The number of nitrogens with one attached hydrogen (secondary N) is 1. The maximum atomic E-state index is 11.4. The van der Waals surface area contributed by atoms with E-state index in [0.29, 0.717) is 0 Å². The van der Waals surface area contributed by atoms with E-state index in [2.05, 4.69) is 33.3 Å². The van der Waals surface area contributed by atoms with E-state index in [4.69, 9.17) is 5.14 Å². The number of nitrogens with zero attached hydrogens (tertiary/aromatic N) is 2. The first-order valence-corrected chi connectivity index (χ1v) is 10.5. The lowest BCUT2D eigenvalue weighted by Gasteiger charge is -2.36. The molecule has 1 fully saturated rings. The van der Waals surface area contributed by atoms with Gasteiger partial charge in [-0.2, -0.15) is 0 Å². The van der Waals surface area contributed by atoms with Gasteiger partial charge in [-0.3, -0.25) is 4.90 Å². The van der Waals surface area contributed by atoms with Crippen LogP contribution < -0.4 is 15.4 Å². The minimum atomic E-state index is -3.63. The summed E-state index contributed by atoms with van der Waals surface area (Å²) in [5, 5.41) is 8.68. The molecule has 0 unspecified atom stereocenters. The molecule has 26 heavy (non-hydrogen) atoms. The molecule has 6 nitrogen and oxygen atoms in total. The minimum absolute atomic E-state index is 0.158. The van der Waals surface area contributed by atoms with Gasteiger partial charge >= 0.3 is 0 Å². The highest BCUT2D eigenvalue weighted by Gasteiger charge is 2.20. The number of fused-ring (bicyclic) bond motifs is 1. The molecule has 4 rings (SSSR count). The number of primary sulfonamides is 1. The van der Waals surface area contributed by atoms with Crippen molar-refractivity contribution in [2.24, 2.45) is 5.14 Å². The Balaban J connectivity index is 1.38. The van der Waals surface area contributed by atoms with Crippen molar-refractivity contribution < 1.29 is 8.42 Å². The Bertz CT molecular complexity index is 888. The molecule has 0 atom stereocenters. The molecule has 2 aromatic carbocycles. The lowest BCUT2D eigenvalue weighted by Crippen LogP contribution is -2.46. The standard InChI is InChI=1S/C19H24N4O2S/c20-26(24,25)18-6-4-17(5-7-18)23-12-10-22(11-13-23)14-16-3-1-2-15-8-9-21-19(15)16/h1-7,21H,8-14H2,(H2,20,24,25). The van der Waals surface area contributed by atoms with Gasteiger partial charge in [0.15, 0.2) is 0 Å². The van der Waals surface area contributed by atoms with E-state index in [0.717, 1.165) is 51.4 Å². The van der Waals surface area contributed by atoms with Crippen molar-refractivity contribution in [2.75, 3.05) is 42.9 Å². The Morgan fingerprint density at radius 3 is 2.42 bits per heavy atom. The first-order valence-electron chi connectivity index (χ1n) is 8.95. The lowest BCUT2D eigenvalue weighted by molar-refractivity contribution is 0.250. The average molecular weight is 372 g/mol. The zero-order valence-electron chi connectivity index (χ0n) is 14.7. The molecule has 0 bridgehead atoms. The number of hydrogen-bond donors (Lipinski definition) is 2. The van der Waals surface area contributed by atoms with Crippen LogP contribution in [0.3, 0.4) is 0 Å². The number of anilines is 2. The van der Waals surface area contributed by atoms with Gasteiger partial charge in [-0.05, 0) is 41.8 Å². The van der Waals surface area contributed by atoms with Gasteiger partial charge < -0.3 is 10.2 Å². The molecular weight excluding hydrogens is 348 g/mol. The van der Waals surface area contributed by atoms with Crippen LogP contribution in [0.15, 0.2) is 47.4 Å². The number of para-hydroxylation sites is 1. The van der Waals surface area contributed by atoms with Crippen molar-refractivity contribution in [3.63, 3.8) is 0 Å². The largest absolute Gasteiger partial charge is 0.384 e. The normalized spacial score (nSPS) is 17.8. The Kier molecular flexibility index (Phi) is 4.60. The SMILES string of the molecule is NS(=O)(=O)c1ccc(N2CCN(Cc3cccc4c3NCC4)CC2)cc1. The summed E-state index contributed by atoms with van der Waals surface area (Å²) in [4.78, 5) is 4.92. The van der Waals surface area contributed by atoms with E-state index < -0.39 is 10.0 Å². The second-order valence-electron chi connectivity index (χ2n) is 6.93. The maximum Gasteiger partial charge on any atom is 0.238 e. The highest BCUT2D eigenvalue weighted by atomic mass is 32.2. The van der Waals surface area contributed by atoms with E-state index >= 15 is 0 Å². The van der Waals surface area contributed by atoms with Gasteiger partial charge in [-0.25, -0.2) is 13.6 Å². The molecule has 0 amide bonds. The highest BCUT2D eigenvalue weighted by Crippen LogP contribution is 2.28. The van der Waals surface area contributed by atoms with E-state index in [-0.39, 0.29) is 4.90 Å². The van der Waals surface area contributed by atoms with Crippen molar-refractivity contribution in [3.8, 4) is 0 Å². The van der Waals surface area contributed by atoms with Crippen LogP contribution in [0.4, 0.5) is 11.4 Å². The van der Waals surface area contributed by atoms with Crippen molar-refractivity contribution in [3.05, 3.63) is 53.6 Å². The van der Waals surface area contributed by atoms with Crippen molar-refractivity contribution >= 4 is 21.4 Å². The number of nitrogens with two attached hydrogens (primary N) is 1. The molecule has 2 heterocycles. The van der Waals surface area contributed by atoms with Crippen LogP contribution in [-0.4, -0.2) is 46.0 Å². The summed E-state index contributed by atoms with van der Waals surface area (Å²) < 4.78 is 22.7. The molecule has 0 aliphatic carbocycles. The van der Waals surface area contributed by atoms with Gasteiger partial charge in [0, 0.05) is 50.6 Å². The highest BCUT2D eigenvalue weighted by molar-refractivity contribution is 7.89. The van der Waals surface area contributed by atoms with Gasteiger partial charge in [0.2, 0.25) is 10.0 Å². The van der Waals surface area contributed by atoms with Crippen LogP contribution in [0.1, 0.15) is 11.1 Å². The third-order valence-electron chi connectivity index (χ3n) is 5.23. The van der Waals surface area contributed by atoms with Gasteiger partial charge in [-0.15, -0.1) is 0 Å². The van der Waals surface area contributed by atoms with Crippen molar-refractivity contribution in [1.29, 1.82) is 0 Å². The molecule has 1 saturated heterocycles. The van der Waals surface area contributed by atoms with Gasteiger partial charge in [0.1, 0.15) is 0 Å². The van der Waals surface area contributed by atoms with Crippen LogP contribution in [0.5, 0.6) is 0 Å². The zero-order valence-corrected chi connectivity index (χ0v) is 15.5. The zero-order chi connectivity index (χ0) is 18.1. The first-order chi connectivity index (χ1) is 12.5. The van der Waals surface area contributed by atoms with Crippen LogP contribution in [-0.2, 0) is 23.0 Å². The second kappa shape index (κ2) is 6.90. The fourth-order valence-electron chi connectivity index (χ4n) is 3.79. The summed E-state index contributed by atoms with van der Waals surface area (Å²) in [6.45, 7) is 5.83. The van der Waals surface area contributed by atoms with Gasteiger partial charge in [0.25, 0.3) is 0 Å². The molecule has 2 aromatic rings. The third-order valence-corrected chi connectivity index (χ3v) is 6.16. The number of sulfonamides is 1. The first kappa shape index (κ1) is 17.3. The lowest BCUT2D eigenvalue weighted by atomic mass is 10.1. The minimum Gasteiger partial charge on any atom is -0.384 e. The number of piperazine rings is 1. The second-order valence-corrected chi connectivity index (χ2v) is 8.49. The molecule has 0 saturated carbocycles. The number of rotatable bonds is 4. The van der Waals surface area contributed by atoms with Crippen LogP contribution in [0, 0.1) is 0 Å². The van der Waals surface area contributed by atoms with E-state index in [1.54, 1.807) is 12.1 Å². The van der Waals surface area contributed by atoms with Crippen molar-refractivity contribution in [1.82, 2.24) is 4.90 Å². The average Bonchev–Trinajstić information content (AvgIpc) is 3.12. The van der Waals surface area contributed by atoms with E-state index in [9.17, 15) is 8.42 Å². The van der Waals surface area contributed by atoms with Crippen LogP contribution in [0.2, 0.25) is 0 Å². The third kappa shape index (κ3) is 3.56. The molecule has 7 heteroatoms. The number of benzene rings is 2. The molecular formula is C19H24N4O2S. The molecule has 138 valence electrons. The fraction of sp³-hybridized carbons (Fsp3) is 0.368. The Hall–Kier alpha value is -2.09. The Labute approximate surface area is 154 Å². The van der Waals surface area contributed by atoms with E-state index in [1.807, 2.05) is 12.1 Å². The van der Waals surface area contributed by atoms with Gasteiger partial charge in [-0.1, -0.05) is 18.2 Å². The smallest absolute Gasteiger partial charge is 0.238 e. The Morgan fingerprint density at radius 1 is 1.00 bits per heavy atom. The molecule has 3 N–H and O–H groups in total. The molecule has 2 aliphatic heterocycles. The Morgan fingerprint density at radius 2 is 1.73 bits per heavy atom. The summed E-state index contributed by atoms with van der Waals surface area (Å²) in [5.74, 6) is 0. The van der Waals surface area contributed by atoms with E-state index in [1.165, 1.54) is 16.8 Å². The van der Waals surface area contributed by atoms with Crippen LogP contribution in [0.25, 0.3) is 0 Å².